The Hall–Kier alpha value is -1.27. The second kappa shape index (κ2) is 7.95. The molecular weight excluding hydrogens is 210 g/mol. The number of aliphatic hydroxyl groups excluding tert-OH is 2. The van der Waals surface area contributed by atoms with Gasteiger partial charge in [-0.2, -0.15) is 0 Å². The van der Waals surface area contributed by atoms with Crippen LogP contribution in [-0.2, 0) is 13.0 Å². The summed E-state index contributed by atoms with van der Waals surface area (Å²) < 4.78 is 1.44. The Morgan fingerprint density at radius 2 is 1.94 bits per heavy atom. The van der Waals surface area contributed by atoms with Crippen LogP contribution in [0, 0.1) is 0 Å². The Labute approximate surface area is 94.9 Å². The summed E-state index contributed by atoms with van der Waals surface area (Å²) in [6.45, 7) is 5.54. The van der Waals surface area contributed by atoms with E-state index in [9.17, 15) is 4.79 Å². The summed E-state index contributed by atoms with van der Waals surface area (Å²) in [7, 11) is 0. The van der Waals surface area contributed by atoms with Crippen LogP contribution in [0.5, 0.6) is 0 Å². The molecule has 0 amide bonds. The lowest BCUT2D eigenvalue weighted by atomic mass is 10.2. The van der Waals surface area contributed by atoms with Gasteiger partial charge in [0.1, 0.15) is 0 Å². The minimum Gasteiger partial charge on any atom is -0.396 e. The van der Waals surface area contributed by atoms with Crippen molar-refractivity contribution in [1.29, 1.82) is 0 Å². The lowest BCUT2D eigenvalue weighted by Crippen LogP contribution is -2.11. The maximum atomic E-state index is 11.1. The normalized spacial score (nSPS) is 9.56. The van der Waals surface area contributed by atoms with Crippen LogP contribution in [0.25, 0.3) is 0 Å². The summed E-state index contributed by atoms with van der Waals surface area (Å²) >= 11 is 0. The van der Waals surface area contributed by atoms with Gasteiger partial charge in [-0.25, -0.2) is 4.68 Å². The second-order valence-electron chi connectivity index (χ2n) is 2.86. The molecule has 0 saturated heterocycles. The van der Waals surface area contributed by atoms with Crippen molar-refractivity contribution in [2.24, 2.45) is 0 Å². The van der Waals surface area contributed by atoms with Crippen LogP contribution in [0.2, 0.25) is 0 Å². The van der Waals surface area contributed by atoms with E-state index in [1.165, 1.54) is 11.6 Å². The molecule has 0 unspecified atom stereocenters. The van der Waals surface area contributed by atoms with E-state index >= 15 is 0 Å². The van der Waals surface area contributed by atoms with Crippen LogP contribution in [0.15, 0.2) is 0 Å². The number of carbonyl (C=O) groups is 1. The zero-order valence-electron chi connectivity index (χ0n) is 9.97. The molecule has 0 spiro atoms. The Bertz CT molecular complexity index is 323. The van der Waals surface area contributed by atoms with Gasteiger partial charge in [0.25, 0.3) is 0 Å². The molecule has 0 atom stereocenters. The van der Waals surface area contributed by atoms with Crippen molar-refractivity contribution in [3.05, 3.63) is 11.4 Å². The molecule has 6 heteroatoms. The monoisotopic (exact) mass is 229 g/mol. The molecule has 1 rings (SSSR count). The maximum absolute atomic E-state index is 11.1. The molecule has 0 fully saturated rings. The van der Waals surface area contributed by atoms with E-state index in [2.05, 4.69) is 10.3 Å². The molecule has 0 aliphatic carbocycles. The first kappa shape index (κ1) is 14.7. The first-order valence-electron chi connectivity index (χ1n) is 5.35. The van der Waals surface area contributed by atoms with Crippen LogP contribution in [0.3, 0.4) is 0 Å². The number of hydrogen-bond acceptors (Lipinski definition) is 5. The van der Waals surface area contributed by atoms with Crippen LogP contribution in [-0.4, -0.2) is 44.2 Å². The molecular formula is C10H19N3O3. The number of aliphatic hydroxyl groups is 2. The first-order valence-corrected chi connectivity index (χ1v) is 5.35. The highest BCUT2D eigenvalue weighted by Gasteiger charge is 2.15. The molecule has 1 aromatic rings. The van der Waals surface area contributed by atoms with Gasteiger partial charge < -0.3 is 10.2 Å². The lowest BCUT2D eigenvalue weighted by Gasteiger charge is -2.03. The van der Waals surface area contributed by atoms with Gasteiger partial charge in [0, 0.05) is 20.0 Å². The topological polar surface area (TPSA) is 88.2 Å². The highest BCUT2D eigenvalue weighted by Crippen LogP contribution is 2.06. The molecule has 0 aromatic carbocycles. The summed E-state index contributed by atoms with van der Waals surface area (Å²) in [5.74, 6) is -0.183. The Kier molecular flexibility index (Phi) is 7.32. The predicted molar refractivity (Wildman–Crippen MR) is 59.3 cm³/mol. The summed E-state index contributed by atoms with van der Waals surface area (Å²) in [6, 6.07) is 0. The van der Waals surface area contributed by atoms with E-state index in [1.807, 2.05) is 13.8 Å². The predicted octanol–water partition coefficient (Wildman–Crippen LogP) is 0.0340. The van der Waals surface area contributed by atoms with Crippen molar-refractivity contribution in [3.63, 3.8) is 0 Å². The fourth-order valence-electron chi connectivity index (χ4n) is 1.23. The zero-order valence-corrected chi connectivity index (χ0v) is 9.97. The summed E-state index contributed by atoms with van der Waals surface area (Å²) in [5, 5.41) is 24.9. The summed E-state index contributed by atoms with van der Waals surface area (Å²) in [6.07, 6.45) is 0.321. The van der Waals surface area contributed by atoms with Crippen molar-refractivity contribution >= 4 is 5.78 Å². The molecule has 16 heavy (non-hydrogen) atoms. The Morgan fingerprint density at radius 1 is 1.31 bits per heavy atom. The number of aromatic nitrogens is 3. The SMILES string of the molecule is CC.CC(=O)c1nnn(CCO)c1CCO. The summed E-state index contributed by atoms with van der Waals surface area (Å²) in [5.41, 5.74) is 0.849. The quantitative estimate of drug-likeness (QED) is 0.696. The van der Waals surface area contributed by atoms with Gasteiger partial charge in [-0.15, -0.1) is 5.10 Å². The average Bonchev–Trinajstić information content (AvgIpc) is 2.66. The van der Waals surface area contributed by atoms with Crippen molar-refractivity contribution in [1.82, 2.24) is 15.0 Å². The number of rotatable bonds is 5. The standard InChI is InChI=1S/C8H13N3O3.C2H6/c1-6(14)8-7(2-4-12)11(3-5-13)10-9-8;1-2/h12-13H,2-5H2,1H3;1-2H3. The molecule has 0 bridgehead atoms. The molecule has 1 heterocycles. The molecule has 0 aliphatic heterocycles. The lowest BCUT2D eigenvalue weighted by molar-refractivity contribution is 0.101. The van der Waals surface area contributed by atoms with Crippen LogP contribution < -0.4 is 0 Å². The molecule has 0 saturated carbocycles. The molecule has 0 aliphatic rings. The molecule has 0 radical (unpaired) electrons. The van der Waals surface area contributed by atoms with E-state index in [4.69, 9.17) is 10.2 Å². The van der Waals surface area contributed by atoms with Crippen molar-refractivity contribution in [2.45, 2.75) is 33.7 Å². The second-order valence-corrected chi connectivity index (χ2v) is 2.86. The van der Waals surface area contributed by atoms with Crippen molar-refractivity contribution in [3.8, 4) is 0 Å². The third-order valence-electron chi connectivity index (χ3n) is 1.83. The largest absolute Gasteiger partial charge is 0.396 e. The number of carbonyl (C=O) groups excluding carboxylic acids is 1. The highest BCUT2D eigenvalue weighted by molar-refractivity contribution is 5.93. The third kappa shape index (κ3) is 3.71. The van der Waals surface area contributed by atoms with E-state index in [1.54, 1.807) is 0 Å². The minimum absolute atomic E-state index is 0.0703. The minimum atomic E-state index is -0.183. The molecule has 1 aromatic heterocycles. The van der Waals surface area contributed by atoms with Gasteiger partial charge in [-0.1, -0.05) is 19.1 Å². The average molecular weight is 229 g/mol. The molecule has 6 nitrogen and oxygen atoms in total. The highest BCUT2D eigenvalue weighted by atomic mass is 16.3. The fraction of sp³-hybridized carbons (Fsp3) is 0.700. The smallest absolute Gasteiger partial charge is 0.181 e. The summed E-state index contributed by atoms with van der Waals surface area (Å²) in [4.78, 5) is 11.1. The Morgan fingerprint density at radius 3 is 2.38 bits per heavy atom. The van der Waals surface area contributed by atoms with Crippen molar-refractivity contribution in [2.75, 3.05) is 13.2 Å². The van der Waals surface area contributed by atoms with Gasteiger partial charge in [0.15, 0.2) is 11.5 Å². The van der Waals surface area contributed by atoms with E-state index in [0.717, 1.165) is 0 Å². The van der Waals surface area contributed by atoms with Gasteiger partial charge in [-0.05, 0) is 0 Å². The zero-order chi connectivity index (χ0) is 12.6. The van der Waals surface area contributed by atoms with Crippen LogP contribution >= 0.6 is 0 Å². The van der Waals surface area contributed by atoms with Gasteiger partial charge in [-0.3, -0.25) is 4.79 Å². The maximum Gasteiger partial charge on any atom is 0.181 e. The van der Waals surface area contributed by atoms with Crippen LogP contribution in [0.1, 0.15) is 37.0 Å². The fourth-order valence-corrected chi connectivity index (χ4v) is 1.23. The number of hydrogen-bond donors (Lipinski definition) is 2. The van der Waals surface area contributed by atoms with Crippen LogP contribution in [0.4, 0.5) is 0 Å². The van der Waals surface area contributed by atoms with Gasteiger partial charge >= 0.3 is 0 Å². The molecule has 92 valence electrons. The van der Waals surface area contributed by atoms with E-state index < -0.39 is 0 Å². The molecule has 2 N–H and O–H groups in total. The number of ketones is 1. The van der Waals surface area contributed by atoms with Crippen molar-refractivity contribution < 1.29 is 15.0 Å². The number of Topliss-reactive ketones (excluding diaryl/α,β-unsaturated/α-hetero) is 1. The van der Waals surface area contributed by atoms with E-state index in [0.29, 0.717) is 12.1 Å². The first-order chi connectivity index (χ1) is 7.70. The van der Waals surface area contributed by atoms with Gasteiger partial charge in [0.2, 0.25) is 0 Å². The number of nitrogens with zero attached hydrogens (tertiary/aromatic N) is 3. The van der Waals surface area contributed by atoms with E-state index in [-0.39, 0.29) is 31.2 Å². The third-order valence-corrected chi connectivity index (χ3v) is 1.83. The Balaban J connectivity index is 0.00000106. The van der Waals surface area contributed by atoms with Gasteiger partial charge in [0.05, 0.1) is 18.8 Å².